The number of halogens is 1. The number of carboxylic acids is 1. The molecule has 1 aliphatic rings. The topological polar surface area (TPSA) is 75.8 Å². The van der Waals surface area contributed by atoms with Gasteiger partial charge in [-0.3, -0.25) is 4.90 Å². The van der Waals surface area contributed by atoms with Gasteiger partial charge in [0.05, 0.1) is 12.2 Å². The van der Waals surface area contributed by atoms with Crippen molar-refractivity contribution in [2.24, 2.45) is 0 Å². The van der Waals surface area contributed by atoms with E-state index in [0.29, 0.717) is 18.1 Å². The molecule has 2 aromatic carbocycles. The van der Waals surface area contributed by atoms with Crippen molar-refractivity contribution in [3.05, 3.63) is 83.3 Å². The highest BCUT2D eigenvalue weighted by Crippen LogP contribution is 2.33. The van der Waals surface area contributed by atoms with E-state index in [4.69, 9.17) is 14.3 Å². The summed E-state index contributed by atoms with van der Waals surface area (Å²) in [4.78, 5) is 17.4. The van der Waals surface area contributed by atoms with Gasteiger partial charge in [0, 0.05) is 13.0 Å². The quantitative estimate of drug-likeness (QED) is 0.600. The summed E-state index contributed by atoms with van der Waals surface area (Å²) in [5, 5.41) is 8.69. The fourth-order valence-electron chi connectivity index (χ4n) is 3.73. The molecule has 1 aliphatic heterocycles. The average Bonchev–Trinajstić information content (AvgIpc) is 3.38. The Morgan fingerprint density at radius 3 is 2.63 bits per heavy atom. The normalized spacial score (nSPS) is 16.6. The summed E-state index contributed by atoms with van der Waals surface area (Å²) in [6.07, 6.45) is 4.39. The fourth-order valence-corrected chi connectivity index (χ4v) is 3.73. The summed E-state index contributed by atoms with van der Waals surface area (Å²) in [7, 11) is 0. The van der Waals surface area contributed by atoms with Crippen molar-refractivity contribution in [2.45, 2.75) is 31.8 Å². The van der Waals surface area contributed by atoms with Gasteiger partial charge in [0.15, 0.2) is 6.61 Å². The molecule has 2 heterocycles. The largest absolute Gasteiger partial charge is 0.482 e. The van der Waals surface area contributed by atoms with Gasteiger partial charge in [0.1, 0.15) is 17.3 Å². The van der Waals surface area contributed by atoms with E-state index in [0.717, 1.165) is 42.8 Å². The van der Waals surface area contributed by atoms with E-state index < -0.39 is 5.97 Å². The first-order chi connectivity index (χ1) is 14.6. The Bertz CT molecular complexity index is 985. The molecule has 0 radical (unpaired) electrons. The van der Waals surface area contributed by atoms with Crippen LogP contribution < -0.4 is 4.74 Å². The highest BCUT2D eigenvalue weighted by atomic mass is 19.1. The lowest BCUT2D eigenvalue weighted by molar-refractivity contribution is -0.139. The highest BCUT2D eigenvalue weighted by molar-refractivity contribution is 5.68. The van der Waals surface area contributed by atoms with Crippen molar-refractivity contribution in [2.75, 3.05) is 13.2 Å². The lowest BCUT2D eigenvalue weighted by atomic mass is 10.1. The van der Waals surface area contributed by atoms with Crippen LogP contribution in [0.2, 0.25) is 0 Å². The molecule has 0 amide bonds. The SMILES string of the molecule is O=C(O)COc1ccc(CN2CCC[C@@H]2c2ncc(Cc3ccc(F)cc3)o2)cc1. The van der Waals surface area contributed by atoms with Crippen LogP contribution >= 0.6 is 0 Å². The van der Waals surface area contributed by atoms with E-state index >= 15 is 0 Å². The zero-order chi connectivity index (χ0) is 20.9. The first-order valence-corrected chi connectivity index (χ1v) is 9.93. The van der Waals surface area contributed by atoms with Crippen LogP contribution in [0, 0.1) is 5.82 Å². The van der Waals surface area contributed by atoms with Crippen molar-refractivity contribution < 1.29 is 23.4 Å². The summed E-state index contributed by atoms with van der Waals surface area (Å²) < 4.78 is 24.3. The molecule has 0 saturated carbocycles. The number of carboxylic acid groups (broad SMARTS) is 1. The second-order valence-electron chi connectivity index (χ2n) is 7.42. The van der Waals surface area contributed by atoms with Crippen LogP contribution in [0.3, 0.4) is 0 Å². The Hall–Kier alpha value is -3.19. The average molecular weight is 410 g/mol. The number of rotatable bonds is 8. The number of hydrogen-bond acceptors (Lipinski definition) is 5. The lowest BCUT2D eigenvalue weighted by Crippen LogP contribution is -2.23. The van der Waals surface area contributed by atoms with E-state index in [1.165, 1.54) is 12.1 Å². The maximum absolute atomic E-state index is 13.1. The Balaban J connectivity index is 1.38. The smallest absolute Gasteiger partial charge is 0.341 e. The molecule has 156 valence electrons. The predicted molar refractivity (Wildman–Crippen MR) is 108 cm³/mol. The summed E-state index contributed by atoms with van der Waals surface area (Å²) in [6.45, 7) is 1.36. The van der Waals surface area contributed by atoms with Gasteiger partial charge in [-0.05, 0) is 54.8 Å². The molecule has 6 nitrogen and oxygen atoms in total. The molecule has 7 heteroatoms. The van der Waals surface area contributed by atoms with Crippen molar-refractivity contribution in [1.82, 2.24) is 9.88 Å². The number of aromatic nitrogens is 1. The van der Waals surface area contributed by atoms with Crippen molar-refractivity contribution in [1.29, 1.82) is 0 Å². The summed E-state index contributed by atoms with van der Waals surface area (Å²) >= 11 is 0. The Kier molecular flexibility index (Phi) is 6.09. The van der Waals surface area contributed by atoms with Gasteiger partial charge in [-0.2, -0.15) is 0 Å². The third-order valence-corrected chi connectivity index (χ3v) is 5.18. The van der Waals surface area contributed by atoms with Gasteiger partial charge in [-0.25, -0.2) is 14.2 Å². The first-order valence-electron chi connectivity index (χ1n) is 9.93. The standard InChI is InChI=1S/C23H23FN2O4/c24-18-7-3-16(4-8-18)12-20-13-25-23(30-20)21-2-1-11-26(21)14-17-5-9-19(10-6-17)29-15-22(27)28/h3-10,13,21H,1-2,11-12,14-15H2,(H,27,28)/t21-/m1/s1. The van der Waals surface area contributed by atoms with Crippen LogP contribution in [-0.2, 0) is 17.8 Å². The van der Waals surface area contributed by atoms with Gasteiger partial charge >= 0.3 is 5.97 Å². The molecule has 1 saturated heterocycles. The molecule has 0 bridgehead atoms. The minimum absolute atomic E-state index is 0.120. The van der Waals surface area contributed by atoms with Gasteiger partial charge < -0.3 is 14.3 Å². The van der Waals surface area contributed by atoms with Crippen molar-refractivity contribution in [3.63, 3.8) is 0 Å². The molecule has 1 aromatic heterocycles. The van der Waals surface area contributed by atoms with Crippen LogP contribution in [0.1, 0.15) is 41.7 Å². The summed E-state index contributed by atoms with van der Waals surface area (Å²) in [6, 6.07) is 14.0. The molecule has 30 heavy (non-hydrogen) atoms. The van der Waals surface area contributed by atoms with E-state index in [2.05, 4.69) is 9.88 Å². The third kappa shape index (κ3) is 5.04. The minimum Gasteiger partial charge on any atom is -0.482 e. The summed E-state index contributed by atoms with van der Waals surface area (Å²) in [5.74, 6) is 0.774. The molecule has 4 rings (SSSR count). The number of benzene rings is 2. The third-order valence-electron chi connectivity index (χ3n) is 5.18. The van der Waals surface area contributed by atoms with Crippen molar-refractivity contribution >= 4 is 5.97 Å². The monoisotopic (exact) mass is 410 g/mol. The predicted octanol–water partition coefficient (Wildman–Crippen LogP) is 4.21. The molecule has 0 spiro atoms. The van der Waals surface area contributed by atoms with Gasteiger partial charge in [0.2, 0.25) is 5.89 Å². The van der Waals surface area contributed by atoms with Gasteiger partial charge in [0.25, 0.3) is 0 Å². The van der Waals surface area contributed by atoms with Crippen molar-refractivity contribution in [3.8, 4) is 5.75 Å². The number of likely N-dealkylation sites (tertiary alicyclic amines) is 1. The maximum atomic E-state index is 13.1. The van der Waals surface area contributed by atoms with E-state index in [-0.39, 0.29) is 18.5 Å². The first kappa shape index (κ1) is 20.1. The van der Waals surface area contributed by atoms with Crippen LogP contribution in [0.15, 0.2) is 59.1 Å². The Labute approximate surface area is 173 Å². The molecule has 3 aromatic rings. The number of oxazole rings is 1. The van der Waals surface area contributed by atoms with E-state index in [1.807, 2.05) is 12.1 Å². The molecule has 0 aliphatic carbocycles. The lowest BCUT2D eigenvalue weighted by Gasteiger charge is -2.22. The minimum atomic E-state index is -0.997. The molecule has 1 N–H and O–H groups in total. The molecular weight excluding hydrogens is 387 g/mol. The van der Waals surface area contributed by atoms with Crippen LogP contribution in [0.5, 0.6) is 5.75 Å². The van der Waals surface area contributed by atoms with E-state index in [1.54, 1.807) is 30.5 Å². The Morgan fingerprint density at radius 2 is 1.90 bits per heavy atom. The van der Waals surface area contributed by atoms with Crippen LogP contribution in [-0.4, -0.2) is 34.1 Å². The molecule has 1 atom stereocenters. The molecule has 1 fully saturated rings. The zero-order valence-corrected chi connectivity index (χ0v) is 16.5. The molecule has 0 unspecified atom stereocenters. The number of nitrogens with zero attached hydrogens (tertiary/aromatic N) is 2. The fraction of sp³-hybridized carbons (Fsp3) is 0.304. The maximum Gasteiger partial charge on any atom is 0.341 e. The number of aliphatic carboxylic acids is 1. The number of hydrogen-bond donors (Lipinski definition) is 1. The number of carbonyl (C=O) groups is 1. The van der Waals surface area contributed by atoms with E-state index in [9.17, 15) is 9.18 Å². The van der Waals surface area contributed by atoms with Gasteiger partial charge in [-0.15, -0.1) is 0 Å². The highest BCUT2D eigenvalue weighted by Gasteiger charge is 2.29. The zero-order valence-electron chi connectivity index (χ0n) is 16.5. The summed E-state index contributed by atoms with van der Waals surface area (Å²) in [5.41, 5.74) is 2.09. The second kappa shape index (κ2) is 9.09. The van der Waals surface area contributed by atoms with Gasteiger partial charge in [-0.1, -0.05) is 24.3 Å². The number of ether oxygens (including phenoxy) is 1. The van der Waals surface area contributed by atoms with Crippen LogP contribution in [0.25, 0.3) is 0 Å². The van der Waals surface area contributed by atoms with Crippen LogP contribution in [0.4, 0.5) is 4.39 Å². The molecular formula is C23H23FN2O4. The Morgan fingerprint density at radius 1 is 1.17 bits per heavy atom. The second-order valence-corrected chi connectivity index (χ2v) is 7.42.